The van der Waals surface area contributed by atoms with Crippen LogP contribution >= 0.6 is 0 Å². The predicted molar refractivity (Wildman–Crippen MR) is 121 cm³/mol. The number of nitrogens with zero attached hydrogens (tertiary/aromatic N) is 1. The molecule has 0 bridgehead atoms. The molecule has 3 aliphatic rings. The van der Waals surface area contributed by atoms with Crippen molar-refractivity contribution in [2.45, 2.75) is 56.2 Å². The van der Waals surface area contributed by atoms with E-state index in [1.807, 2.05) is 6.07 Å². The standard InChI is InChI=1S/C25H31FN2O2S/c26-22-5-1-4-18(12-22)13-25-21(17-28-10-3-11-28)15-20-9-8-19(14-24(20)25)16-27-31(29,30)23-6-2-7-23/h1,4-5,8-9,12,14,21,23,25,27H,2-3,6-7,10-11,13,15-17H2. The molecule has 2 fully saturated rings. The quantitative estimate of drug-likeness (QED) is 0.672. The third kappa shape index (κ3) is 4.57. The molecule has 1 aliphatic heterocycles. The van der Waals surface area contributed by atoms with Crippen LogP contribution in [-0.4, -0.2) is 38.2 Å². The molecule has 2 aromatic carbocycles. The smallest absolute Gasteiger partial charge is 0.214 e. The maximum atomic E-state index is 13.8. The molecular weight excluding hydrogens is 411 g/mol. The lowest BCUT2D eigenvalue weighted by Gasteiger charge is -2.35. The first-order valence-corrected chi connectivity index (χ1v) is 13.1. The Hall–Kier alpha value is -1.76. The average molecular weight is 443 g/mol. The lowest BCUT2D eigenvalue weighted by Crippen LogP contribution is -2.41. The molecule has 166 valence electrons. The van der Waals surface area contributed by atoms with Crippen LogP contribution < -0.4 is 4.72 Å². The number of likely N-dealkylation sites (tertiary alicyclic amines) is 1. The normalized spacial score (nSPS) is 23.9. The van der Waals surface area contributed by atoms with Crippen molar-refractivity contribution in [3.8, 4) is 0 Å². The van der Waals surface area contributed by atoms with Crippen LogP contribution in [0.15, 0.2) is 42.5 Å². The minimum Gasteiger partial charge on any atom is -0.303 e. The third-order valence-electron chi connectivity index (χ3n) is 7.42. The first-order valence-electron chi connectivity index (χ1n) is 11.5. The van der Waals surface area contributed by atoms with Crippen molar-refractivity contribution in [3.05, 3.63) is 70.5 Å². The van der Waals surface area contributed by atoms with Gasteiger partial charge in [0.25, 0.3) is 0 Å². The van der Waals surface area contributed by atoms with E-state index in [-0.39, 0.29) is 11.1 Å². The molecule has 2 unspecified atom stereocenters. The lowest BCUT2D eigenvalue weighted by molar-refractivity contribution is 0.145. The summed E-state index contributed by atoms with van der Waals surface area (Å²) >= 11 is 0. The van der Waals surface area contributed by atoms with Crippen LogP contribution in [0, 0.1) is 11.7 Å². The van der Waals surface area contributed by atoms with Gasteiger partial charge in [0.15, 0.2) is 0 Å². The third-order valence-corrected chi connectivity index (χ3v) is 9.31. The van der Waals surface area contributed by atoms with Crippen LogP contribution in [0.25, 0.3) is 0 Å². The lowest BCUT2D eigenvalue weighted by atomic mass is 9.85. The molecule has 1 saturated carbocycles. The molecule has 1 heterocycles. The second-order valence-electron chi connectivity index (χ2n) is 9.51. The maximum absolute atomic E-state index is 13.8. The summed E-state index contributed by atoms with van der Waals surface area (Å²) in [6.07, 6.45) is 5.69. The molecular formula is C25H31FN2O2S. The summed E-state index contributed by atoms with van der Waals surface area (Å²) in [5.74, 6) is 0.662. The van der Waals surface area contributed by atoms with Gasteiger partial charge in [-0.2, -0.15) is 0 Å². The largest absolute Gasteiger partial charge is 0.303 e. The Labute approximate surface area is 184 Å². The number of nitrogens with one attached hydrogen (secondary N) is 1. The topological polar surface area (TPSA) is 49.4 Å². The van der Waals surface area contributed by atoms with E-state index in [9.17, 15) is 12.8 Å². The van der Waals surface area contributed by atoms with Crippen LogP contribution in [0.5, 0.6) is 0 Å². The van der Waals surface area contributed by atoms with Crippen molar-refractivity contribution in [2.75, 3.05) is 19.6 Å². The van der Waals surface area contributed by atoms with Crippen LogP contribution in [-0.2, 0) is 29.4 Å². The van der Waals surface area contributed by atoms with Gasteiger partial charge in [-0.1, -0.05) is 36.8 Å². The fourth-order valence-electron chi connectivity index (χ4n) is 5.23. The molecule has 0 aromatic heterocycles. The highest BCUT2D eigenvalue weighted by molar-refractivity contribution is 7.90. The number of sulfonamides is 1. The van der Waals surface area contributed by atoms with Crippen molar-refractivity contribution in [2.24, 2.45) is 5.92 Å². The Bertz CT molecular complexity index is 1050. The molecule has 1 N–H and O–H groups in total. The SMILES string of the molecule is O=S(=O)(NCc1ccc2c(c1)C(Cc1cccc(F)c1)C(CN1CCC1)C2)C1CCC1. The fourth-order valence-corrected chi connectivity index (χ4v) is 6.79. The molecule has 0 amide bonds. The predicted octanol–water partition coefficient (Wildman–Crippen LogP) is 4.00. The van der Waals surface area contributed by atoms with Crippen LogP contribution in [0.1, 0.15) is 53.9 Å². The first kappa shape index (κ1) is 21.1. The molecule has 2 aromatic rings. The number of rotatable bonds is 8. The van der Waals surface area contributed by atoms with Crippen molar-refractivity contribution >= 4 is 10.0 Å². The van der Waals surface area contributed by atoms with Gasteiger partial charge in [-0.05, 0) is 91.4 Å². The summed E-state index contributed by atoms with van der Waals surface area (Å²) in [5, 5.41) is -0.219. The molecule has 2 aliphatic carbocycles. The van der Waals surface area contributed by atoms with Gasteiger partial charge in [0.2, 0.25) is 10.0 Å². The Morgan fingerprint density at radius 3 is 2.55 bits per heavy atom. The van der Waals surface area contributed by atoms with Crippen LogP contribution in [0.3, 0.4) is 0 Å². The summed E-state index contributed by atoms with van der Waals surface area (Å²) in [4.78, 5) is 2.52. The van der Waals surface area contributed by atoms with E-state index >= 15 is 0 Å². The Kier molecular flexibility index (Phi) is 5.88. The summed E-state index contributed by atoms with van der Waals surface area (Å²) in [7, 11) is -3.22. The second-order valence-corrected chi connectivity index (χ2v) is 11.6. The van der Waals surface area contributed by atoms with E-state index in [0.29, 0.717) is 18.4 Å². The molecule has 31 heavy (non-hydrogen) atoms. The number of hydrogen-bond acceptors (Lipinski definition) is 3. The van der Waals surface area contributed by atoms with E-state index in [1.165, 1.54) is 36.7 Å². The zero-order chi connectivity index (χ0) is 21.4. The summed E-state index contributed by atoms with van der Waals surface area (Å²) in [5.41, 5.74) is 4.71. The van der Waals surface area contributed by atoms with E-state index in [1.54, 1.807) is 12.1 Å². The van der Waals surface area contributed by atoms with Gasteiger partial charge in [0.1, 0.15) is 5.82 Å². The number of halogens is 1. The highest BCUT2D eigenvalue weighted by Crippen LogP contribution is 2.41. The van der Waals surface area contributed by atoms with Crippen molar-refractivity contribution in [3.63, 3.8) is 0 Å². The molecule has 1 saturated heterocycles. The van der Waals surface area contributed by atoms with E-state index in [0.717, 1.165) is 49.8 Å². The Balaban J connectivity index is 1.36. The number of benzene rings is 2. The number of hydrogen-bond donors (Lipinski definition) is 1. The minimum absolute atomic E-state index is 0.186. The molecule has 0 radical (unpaired) electrons. The van der Waals surface area contributed by atoms with Crippen LogP contribution in [0.4, 0.5) is 4.39 Å². The number of fused-ring (bicyclic) bond motifs is 1. The molecule has 0 spiro atoms. The molecule has 5 rings (SSSR count). The van der Waals surface area contributed by atoms with E-state index in [4.69, 9.17) is 0 Å². The average Bonchev–Trinajstić information content (AvgIpc) is 2.98. The van der Waals surface area contributed by atoms with Gasteiger partial charge < -0.3 is 4.90 Å². The van der Waals surface area contributed by atoms with Gasteiger partial charge in [-0.3, -0.25) is 0 Å². The highest BCUT2D eigenvalue weighted by atomic mass is 32.2. The van der Waals surface area contributed by atoms with Gasteiger partial charge in [-0.15, -0.1) is 0 Å². The maximum Gasteiger partial charge on any atom is 0.214 e. The van der Waals surface area contributed by atoms with E-state index in [2.05, 4.69) is 27.8 Å². The van der Waals surface area contributed by atoms with Crippen LogP contribution in [0.2, 0.25) is 0 Å². The van der Waals surface area contributed by atoms with Crippen molar-refractivity contribution in [1.29, 1.82) is 0 Å². The molecule has 2 atom stereocenters. The van der Waals surface area contributed by atoms with Crippen molar-refractivity contribution in [1.82, 2.24) is 9.62 Å². The summed E-state index contributed by atoms with van der Waals surface area (Å²) in [6, 6.07) is 13.4. The van der Waals surface area contributed by atoms with Gasteiger partial charge >= 0.3 is 0 Å². The summed E-state index contributed by atoms with van der Waals surface area (Å²) < 4.78 is 41.5. The zero-order valence-corrected chi connectivity index (χ0v) is 18.7. The van der Waals surface area contributed by atoms with E-state index < -0.39 is 10.0 Å². The van der Waals surface area contributed by atoms with Gasteiger partial charge in [-0.25, -0.2) is 17.5 Å². The zero-order valence-electron chi connectivity index (χ0n) is 17.9. The second kappa shape index (κ2) is 8.64. The Morgan fingerprint density at radius 2 is 1.87 bits per heavy atom. The molecule has 4 nitrogen and oxygen atoms in total. The molecule has 6 heteroatoms. The minimum atomic E-state index is -3.22. The van der Waals surface area contributed by atoms with Crippen molar-refractivity contribution < 1.29 is 12.8 Å². The highest BCUT2D eigenvalue weighted by Gasteiger charge is 2.35. The summed E-state index contributed by atoms with van der Waals surface area (Å²) in [6.45, 7) is 3.77. The monoisotopic (exact) mass is 442 g/mol. The van der Waals surface area contributed by atoms with Gasteiger partial charge in [0, 0.05) is 13.1 Å². The Morgan fingerprint density at radius 1 is 1.03 bits per heavy atom. The fraction of sp³-hybridized carbons (Fsp3) is 0.520. The van der Waals surface area contributed by atoms with Gasteiger partial charge in [0.05, 0.1) is 5.25 Å². The first-order chi connectivity index (χ1) is 15.0.